The zero-order chi connectivity index (χ0) is 39.9. The predicted molar refractivity (Wildman–Crippen MR) is 246 cm³/mol. The van der Waals surface area contributed by atoms with E-state index in [2.05, 4.69) is 196 Å². The molecule has 0 saturated carbocycles. The molecule has 0 spiro atoms. The van der Waals surface area contributed by atoms with E-state index >= 15 is 0 Å². The summed E-state index contributed by atoms with van der Waals surface area (Å²) in [6.07, 6.45) is 2.38. The van der Waals surface area contributed by atoms with Gasteiger partial charge in [0.15, 0.2) is 17.5 Å². The van der Waals surface area contributed by atoms with Crippen molar-refractivity contribution >= 4 is 43.4 Å². The highest BCUT2D eigenvalue weighted by molar-refractivity contribution is 6.10. The van der Waals surface area contributed by atoms with Gasteiger partial charge in [0, 0.05) is 33.2 Å². The van der Waals surface area contributed by atoms with Gasteiger partial charge in [0.05, 0.1) is 11.0 Å². The summed E-state index contributed by atoms with van der Waals surface area (Å²) in [4.78, 5) is 15.5. The second-order valence-corrected chi connectivity index (χ2v) is 17.6. The molecular formula is C55H44N4. The molecule has 4 nitrogen and oxygen atoms in total. The summed E-state index contributed by atoms with van der Waals surface area (Å²) in [5, 5.41) is 7.17. The second kappa shape index (κ2) is 13.3. The Morgan fingerprint density at radius 3 is 1.80 bits per heavy atom. The van der Waals surface area contributed by atoms with E-state index in [9.17, 15) is 0 Å². The molecule has 0 unspecified atom stereocenters. The molecule has 8 aromatic carbocycles. The Labute approximate surface area is 344 Å². The fraction of sp³-hybridized carbons (Fsp3) is 0.145. The Morgan fingerprint density at radius 2 is 0.983 bits per heavy atom. The first-order valence-electron chi connectivity index (χ1n) is 20.7. The molecule has 0 amide bonds. The van der Waals surface area contributed by atoms with E-state index in [0.29, 0.717) is 17.5 Å². The number of para-hydroxylation sites is 1. The Bertz CT molecular complexity index is 3270. The maximum Gasteiger partial charge on any atom is 0.164 e. The molecule has 0 bridgehead atoms. The Morgan fingerprint density at radius 1 is 0.390 bits per heavy atom. The third kappa shape index (κ3) is 5.93. The topological polar surface area (TPSA) is 43.6 Å². The van der Waals surface area contributed by atoms with Crippen LogP contribution in [0, 0.1) is 0 Å². The summed E-state index contributed by atoms with van der Waals surface area (Å²) in [5.74, 6) is 1.94. The zero-order valence-electron chi connectivity index (χ0n) is 33.9. The molecule has 0 radical (unpaired) electrons. The van der Waals surface area contributed by atoms with Gasteiger partial charge < -0.3 is 4.57 Å². The van der Waals surface area contributed by atoms with Crippen LogP contribution in [0.1, 0.15) is 51.7 Å². The quantitative estimate of drug-likeness (QED) is 0.175. The Hall–Kier alpha value is -6.91. The van der Waals surface area contributed by atoms with Crippen LogP contribution in [0.2, 0.25) is 0 Å². The highest BCUT2D eigenvalue weighted by Gasteiger charge is 2.38. The van der Waals surface area contributed by atoms with Gasteiger partial charge in [0.25, 0.3) is 0 Å². The van der Waals surface area contributed by atoms with Crippen LogP contribution in [-0.2, 0) is 10.8 Å². The van der Waals surface area contributed by atoms with Gasteiger partial charge in [-0.2, -0.15) is 0 Å². The second-order valence-electron chi connectivity index (χ2n) is 17.6. The molecule has 11 rings (SSSR count). The van der Waals surface area contributed by atoms with Gasteiger partial charge in [-0.05, 0) is 110 Å². The lowest BCUT2D eigenvalue weighted by atomic mass is 9.63. The number of hydrogen-bond donors (Lipinski definition) is 0. The van der Waals surface area contributed by atoms with Crippen molar-refractivity contribution in [2.45, 2.75) is 51.4 Å². The number of benzene rings is 8. The van der Waals surface area contributed by atoms with Crippen LogP contribution in [0.3, 0.4) is 0 Å². The van der Waals surface area contributed by atoms with Crippen molar-refractivity contribution < 1.29 is 0 Å². The third-order valence-electron chi connectivity index (χ3n) is 12.9. The van der Waals surface area contributed by atoms with Gasteiger partial charge in [-0.1, -0.05) is 155 Å². The average Bonchev–Trinajstić information content (AvgIpc) is 3.61. The van der Waals surface area contributed by atoms with Gasteiger partial charge in [-0.15, -0.1) is 0 Å². The first-order chi connectivity index (χ1) is 28.7. The lowest BCUT2D eigenvalue weighted by Gasteiger charge is -2.42. The largest absolute Gasteiger partial charge is 0.309 e. The molecule has 1 aliphatic carbocycles. The minimum atomic E-state index is 0.118. The van der Waals surface area contributed by atoms with Crippen molar-refractivity contribution in [2.24, 2.45) is 0 Å². The van der Waals surface area contributed by atoms with E-state index in [4.69, 9.17) is 15.0 Å². The minimum Gasteiger partial charge on any atom is -0.309 e. The van der Waals surface area contributed by atoms with Crippen molar-refractivity contribution in [1.29, 1.82) is 0 Å². The van der Waals surface area contributed by atoms with Gasteiger partial charge in [0.1, 0.15) is 0 Å². The van der Waals surface area contributed by atoms with E-state index in [1.807, 2.05) is 6.07 Å². The molecule has 59 heavy (non-hydrogen) atoms. The molecule has 2 aromatic heterocycles. The Balaban J connectivity index is 1.06. The molecule has 0 saturated heterocycles. The number of fused-ring (bicyclic) bond motifs is 6. The Kier molecular flexibility index (Phi) is 7.96. The van der Waals surface area contributed by atoms with Crippen LogP contribution in [0.5, 0.6) is 0 Å². The lowest BCUT2D eigenvalue weighted by Crippen LogP contribution is -2.33. The monoisotopic (exact) mass is 760 g/mol. The molecule has 0 fully saturated rings. The van der Waals surface area contributed by atoms with Gasteiger partial charge >= 0.3 is 0 Å². The van der Waals surface area contributed by atoms with E-state index in [-0.39, 0.29) is 10.8 Å². The van der Waals surface area contributed by atoms with Crippen molar-refractivity contribution in [3.8, 4) is 51.0 Å². The third-order valence-corrected chi connectivity index (χ3v) is 12.9. The summed E-state index contributed by atoms with van der Waals surface area (Å²) in [6.45, 7) is 9.65. The number of nitrogens with zero attached hydrogens (tertiary/aromatic N) is 4. The molecule has 284 valence electrons. The standard InChI is InChI=1S/C55H44N4/c1-54(2)28-29-55(3,4)48-34-50-46(33-47(48)54)44-21-10-11-23-49(44)59(50)42-27-26-38-31-41(25-24-39(38)32-42)52-56-51(40-19-12-18-37(30-40)35-14-6-5-7-15-35)57-53(58-52)45-22-13-17-36-16-8-9-20-43(36)45/h5-27,30-34H,28-29H2,1-4H3. The minimum absolute atomic E-state index is 0.118. The number of hydrogen-bond acceptors (Lipinski definition) is 3. The zero-order valence-corrected chi connectivity index (χ0v) is 33.9. The van der Waals surface area contributed by atoms with E-state index in [1.165, 1.54) is 45.8 Å². The van der Waals surface area contributed by atoms with Gasteiger partial charge in [-0.25, -0.2) is 15.0 Å². The lowest BCUT2D eigenvalue weighted by molar-refractivity contribution is 0.332. The van der Waals surface area contributed by atoms with Crippen molar-refractivity contribution in [1.82, 2.24) is 19.5 Å². The molecule has 2 heterocycles. The first-order valence-corrected chi connectivity index (χ1v) is 20.7. The molecular weight excluding hydrogens is 717 g/mol. The molecule has 4 heteroatoms. The smallest absolute Gasteiger partial charge is 0.164 e. The fourth-order valence-electron chi connectivity index (χ4n) is 9.46. The number of rotatable bonds is 5. The van der Waals surface area contributed by atoms with Crippen molar-refractivity contribution in [3.63, 3.8) is 0 Å². The summed E-state index contributed by atoms with van der Waals surface area (Å²) < 4.78 is 2.47. The summed E-state index contributed by atoms with van der Waals surface area (Å²) in [5.41, 5.74) is 12.0. The van der Waals surface area contributed by atoms with Crippen molar-refractivity contribution in [2.75, 3.05) is 0 Å². The van der Waals surface area contributed by atoms with Gasteiger partial charge in [-0.3, -0.25) is 0 Å². The molecule has 0 aliphatic heterocycles. The van der Waals surface area contributed by atoms with Crippen LogP contribution >= 0.6 is 0 Å². The molecule has 1 aliphatic rings. The average molecular weight is 761 g/mol. The van der Waals surface area contributed by atoms with E-state index in [0.717, 1.165) is 55.0 Å². The van der Waals surface area contributed by atoms with Crippen LogP contribution in [0.15, 0.2) is 170 Å². The van der Waals surface area contributed by atoms with Crippen molar-refractivity contribution in [3.05, 3.63) is 181 Å². The molecule has 10 aromatic rings. The van der Waals surface area contributed by atoms with E-state index in [1.54, 1.807) is 0 Å². The normalized spacial score (nSPS) is 14.6. The van der Waals surface area contributed by atoms with Crippen LogP contribution in [-0.4, -0.2) is 19.5 Å². The van der Waals surface area contributed by atoms with E-state index < -0.39 is 0 Å². The van der Waals surface area contributed by atoms with Crippen LogP contribution in [0.4, 0.5) is 0 Å². The van der Waals surface area contributed by atoms with Gasteiger partial charge in [0.2, 0.25) is 0 Å². The molecule has 0 N–H and O–H groups in total. The van der Waals surface area contributed by atoms with Crippen LogP contribution < -0.4 is 0 Å². The van der Waals surface area contributed by atoms with Crippen LogP contribution in [0.25, 0.3) is 94.3 Å². The SMILES string of the molecule is CC1(C)CCC(C)(C)c2cc3c(cc21)c1ccccc1n3-c1ccc2cc(-c3nc(-c4cccc(-c5ccccc5)c4)nc(-c4cccc5ccccc45)n3)ccc2c1. The summed E-state index contributed by atoms with van der Waals surface area (Å²) in [6, 6.07) is 61.0. The first kappa shape index (κ1) is 35.3. The maximum atomic E-state index is 5.19. The highest BCUT2D eigenvalue weighted by atomic mass is 15.0. The highest BCUT2D eigenvalue weighted by Crippen LogP contribution is 2.48. The predicted octanol–water partition coefficient (Wildman–Crippen LogP) is 14.3. The summed E-state index contributed by atoms with van der Waals surface area (Å²) >= 11 is 0. The molecule has 0 atom stereocenters. The number of aromatic nitrogens is 4. The maximum absolute atomic E-state index is 5.19. The fourth-order valence-corrected chi connectivity index (χ4v) is 9.46. The summed E-state index contributed by atoms with van der Waals surface area (Å²) in [7, 11) is 0.